The highest BCUT2D eigenvalue weighted by molar-refractivity contribution is 5.92. The lowest BCUT2D eigenvalue weighted by molar-refractivity contribution is 0.0622. The number of halogens is 2. The second-order valence-corrected chi connectivity index (χ2v) is 7.62. The van der Waals surface area contributed by atoms with Crippen molar-refractivity contribution >= 4 is 30.7 Å². The molecule has 1 aromatic heterocycles. The molecule has 1 amide bonds. The van der Waals surface area contributed by atoms with Gasteiger partial charge >= 0.3 is 0 Å². The van der Waals surface area contributed by atoms with Gasteiger partial charge in [0, 0.05) is 32.7 Å². The summed E-state index contributed by atoms with van der Waals surface area (Å²) < 4.78 is 1.88. The second-order valence-electron chi connectivity index (χ2n) is 7.62. The minimum absolute atomic E-state index is 0. The molecule has 160 valence electrons. The number of piperidine rings is 1. The Hall–Kier alpha value is -1.67. The Bertz CT molecular complexity index is 785. The van der Waals surface area contributed by atoms with Gasteiger partial charge in [0.05, 0.1) is 12.2 Å². The number of nitrogens with zero attached hydrogens (tertiary/aromatic N) is 5. The van der Waals surface area contributed by atoms with Crippen LogP contribution in [0.5, 0.6) is 0 Å². The van der Waals surface area contributed by atoms with Crippen LogP contribution in [0.3, 0.4) is 0 Å². The maximum absolute atomic E-state index is 12.8. The molecule has 0 aliphatic carbocycles. The molecule has 3 heterocycles. The molecule has 1 aromatic carbocycles. The number of aromatic nitrogens is 3. The van der Waals surface area contributed by atoms with Crippen molar-refractivity contribution in [3.63, 3.8) is 0 Å². The van der Waals surface area contributed by atoms with Gasteiger partial charge in [-0.15, -0.1) is 29.9 Å². The fourth-order valence-corrected chi connectivity index (χ4v) is 3.96. The van der Waals surface area contributed by atoms with E-state index in [1.807, 2.05) is 15.8 Å². The minimum Gasteiger partial charge on any atom is -0.335 e. The van der Waals surface area contributed by atoms with Crippen molar-refractivity contribution in [2.75, 3.05) is 39.3 Å². The van der Waals surface area contributed by atoms with E-state index in [1.165, 1.54) is 11.1 Å². The first kappa shape index (κ1) is 23.6. The maximum atomic E-state index is 12.8. The molecule has 2 aliphatic rings. The summed E-state index contributed by atoms with van der Waals surface area (Å²) in [5.41, 5.74) is 3.10. The predicted molar refractivity (Wildman–Crippen MR) is 118 cm³/mol. The third kappa shape index (κ3) is 5.92. The molecule has 0 saturated carbocycles. The molecule has 29 heavy (non-hydrogen) atoms. The molecule has 0 unspecified atom stereocenters. The Morgan fingerprint density at radius 2 is 1.86 bits per heavy atom. The van der Waals surface area contributed by atoms with Gasteiger partial charge in [0.15, 0.2) is 5.69 Å². The van der Waals surface area contributed by atoms with E-state index in [4.69, 9.17) is 0 Å². The summed E-state index contributed by atoms with van der Waals surface area (Å²) in [7, 11) is 0. The van der Waals surface area contributed by atoms with Crippen LogP contribution >= 0.6 is 24.8 Å². The van der Waals surface area contributed by atoms with Crippen molar-refractivity contribution in [2.24, 2.45) is 0 Å². The van der Waals surface area contributed by atoms with E-state index >= 15 is 0 Å². The van der Waals surface area contributed by atoms with Gasteiger partial charge in [-0.05, 0) is 38.4 Å². The Morgan fingerprint density at radius 3 is 2.55 bits per heavy atom. The topological polar surface area (TPSA) is 66.3 Å². The molecule has 0 bridgehead atoms. The highest BCUT2D eigenvalue weighted by Crippen LogP contribution is 2.18. The van der Waals surface area contributed by atoms with Crippen molar-refractivity contribution in [1.82, 2.24) is 30.1 Å². The fraction of sp³-hybridized carbons (Fsp3) is 0.550. The zero-order chi connectivity index (χ0) is 18.6. The maximum Gasteiger partial charge on any atom is 0.276 e. The molecule has 0 spiro atoms. The monoisotopic (exact) mass is 440 g/mol. The van der Waals surface area contributed by atoms with Crippen LogP contribution < -0.4 is 5.32 Å². The molecule has 4 rings (SSSR count). The largest absolute Gasteiger partial charge is 0.335 e. The summed E-state index contributed by atoms with van der Waals surface area (Å²) in [4.78, 5) is 17.1. The van der Waals surface area contributed by atoms with Gasteiger partial charge < -0.3 is 10.2 Å². The zero-order valence-corrected chi connectivity index (χ0v) is 18.4. The second kappa shape index (κ2) is 10.9. The molecule has 2 aliphatic heterocycles. The van der Waals surface area contributed by atoms with E-state index in [-0.39, 0.29) is 30.7 Å². The summed E-state index contributed by atoms with van der Waals surface area (Å²) in [5.74, 6) is 0.00499. The third-order valence-electron chi connectivity index (χ3n) is 5.56. The Kier molecular flexibility index (Phi) is 8.89. The lowest BCUT2D eigenvalue weighted by Gasteiger charge is -2.34. The number of nitrogens with one attached hydrogen (secondary N) is 1. The number of benzene rings is 1. The lowest BCUT2D eigenvalue weighted by Crippen LogP contribution is -2.48. The van der Waals surface area contributed by atoms with E-state index in [9.17, 15) is 4.79 Å². The van der Waals surface area contributed by atoms with Gasteiger partial charge in [0.25, 0.3) is 5.91 Å². The van der Waals surface area contributed by atoms with Crippen molar-refractivity contribution in [1.29, 1.82) is 0 Å². The average Bonchev–Trinajstić information content (AvgIpc) is 3.19. The molecule has 7 nitrogen and oxygen atoms in total. The summed E-state index contributed by atoms with van der Waals surface area (Å²) in [6, 6.07) is 8.99. The standard InChI is InChI=1S/C20H28N6O.2ClH/c1-16-3-2-4-17(13-16)14-24-9-11-25(12-10-24)20(27)19-15-26(23-22-19)18-5-7-21-8-6-18;;/h2-4,13,15,18,21H,5-12,14H2,1H3;2*1H. The van der Waals surface area contributed by atoms with Crippen LogP contribution in [0.15, 0.2) is 30.5 Å². The van der Waals surface area contributed by atoms with Gasteiger partial charge in [-0.25, -0.2) is 4.68 Å². The molecule has 2 saturated heterocycles. The quantitative estimate of drug-likeness (QED) is 0.789. The van der Waals surface area contributed by atoms with E-state index in [2.05, 4.69) is 51.7 Å². The first-order valence-electron chi connectivity index (χ1n) is 9.89. The molecule has 9 heteroatoms. The number of hydrogen-bond acceptors (Lipinski definition) is 5. The van der Waals surface area contributed by atoms with E-state index in [0.717, 1.165) is 58.7 Å². The Morgan fingerprint density at radius 1 is 1.14 bits per heavy atom. The zero-order valence-electron chi connectivity index (χ0n) is 16.8. The molecule has 2 aromatic rings. The molecule has 2 fully saturated rings. The smallest absolute Gasteiger partial charge is 0.276 e. The van der Waals surface area contributed by atoms with Crippen molar-refractivity contribution in [3.05, 3.63) is 47.3 Å². The number of hydrogen-bond donors (Lipinski definition) is 1. The van der Waals surface area contributed by atoms with Crippen LogP contribution in [0.4, 0.5) is 0 Å². The summed E-state index contributed by atoms with van der Waals surface area (Å²) >= 11 is 0. The van der Waals surface area contributed by atoms with Crippen molar-refractivity contribution in [2.45, 2.75) is 32.4 Å². The first-order valence-corrected chi connectivity index (χ1v) is 9.89. The highest BCUT2D eigenvalue weighted by atomic mass is 35.5. The molecule has 1 N–H and O–H groups in total. The van der Waals surface area contributed by atoms with E-state index in [1.54, 1.807) is 0 Å². The van der Waals surface area contributed by atoms with Gasteiger partial charge in [-0.2, -0.15) is 0 Å². The van der Waals surface area contributed by atoms with Gasteiger partial charge in [-0.3, -0.25) is 9.69 Å². The molecular formula is C20H30Cl2N6O. The summed E-state index contributed by atoms with van der Waals surface area (Å²) in [6.07, 6.45) is 3.90. The Labute approximate surface area is 184 Å². The molecule has 0 atom stereocenters. The highest BCUT2D eigenvalue weighted by Gasteiger charge is 2.25. The van der Waals surface area contributed by atoms with E-state index < -0.39 is 0 Å². The van der Waals surface area contributed by atoms with Gasteiger partial charge in [0.2, 0.25) is 0 Å². The summed E-state index contributed by atoms with van der Waals surface area (Å²) in [6.45, 7) is 8.32. The number of amides is 1. The van der Waals surface area contributed by atoms with Crippen LogP contribution in [0.1, 0.15) is 40.5 Å². The fourth-order valence-electron chi connectivity index (χ4n) is 3.96. The van der Waals surface area contributed by atoms with Crippen LogP contribution in [0.25, 0.3) is 0 Å². The molecule has 0 radical (unpaired) electrons. The minimum atomic E-state index is 0. The molecular weight excluding hydrogens is 411 g/mol. The van der Waals surface area contributed by atoms with Gasteiger partial charge in [0.1, 0.15) is 0 Å². The first-order chi connectivity index (χ1) is 13.2. The van der Waals surface area contributed by atoms with Gasteiger partial charge in [-0.1, -0.05) is 35.0 Å². The van der Waals surface area contributed by atoms with Crippen LogP contribution in [0, 0.1) is 6.92 Å². The normalized spacial score (nSPS) is 18.0. The third-order valence-corrected chi connectivity index (χ3v) is 5.56. The number of carbonyl (C=O) groups excluding carboxylic acids is 1. The average molecular weight is 441 g/mol. The van der Waals surface area contributed by atoms with Crippen molar-refractivity contribution < 1.29 is 4.79 Å². The van der Waals surface area contributed by atoms with Crippen LogP contribution in [-0.4, -0.2) is 70.0 Å². The van der Waals surface area contributed by atoms with Crippen LogP contribution in [0.2, 0.25) is 0 Å². The van der Waals surface area contributed by atoms with Crippen LogP contribution in [-0.2, 0) is 6.54 Å². The Balaban J connectivity index is 0.00000150. The predicted octanol–water partition coefficient (Wildman–Crippen LogP) is 2.31. The number of carbonyl (C=O) groups is 1. The van der Waals surface area contributed by atoms with E-state index in [0.29, 0.717) is 11.7 Å². The SMILES string of the molecule is Cc1cccc(CN2CCN(C(=O)c3cn(C4CCNCC4)nn3)CC2)c1.Cl.Cl. The number of rotatable bonds is 4. The van der Waals surface area contributed by atoms with Crippen molar-refractivity contribution in [3.8, 4) is 0 Å². The number of piperazine rings is 1. The lowest BCUT2D eigenvalue weighted by atomic mass is 10.1. The number of aryl methyl sites for hydroxylation is 1. The summed E-state index contributed by atoms with van der Waals surface area (Å²) in [5, 5.41) is 11.7.